The molecular formula is C21H22FN5O2. The van der Waals surface area contributed by atoms with Crippen LogP contribution in [0.15, 0.2) is 55.3 Å². The molecule has 0 saturated heterocycles. The Morgan fingerprint density at radius 1 is 1.38 bits per heavy atom. The lowest BCUT2D eigenvalue weighted by Gasteiger charge is -2.27. The molecule has 2 bridgehead atoms. The number of halogens is 1. The summed E-state index contributed by atoms with van der Waals surface area (Å²) in [5, 5.41) is 6.12. The van der Waals surface area contributed by atoms with Gasteiger partial charge in [0.2, 0.25) is 11.9 Å². The second-order valence-electron chi connectivity index (χ2n) is 7.19. The van der Waals surface area contributed by atoms with Gasteiger partial charge in [-0.15, -0.1) is 0 Å². The number of nitrogens with one attached hydrogen (secondary N) is 2. The smallest absolute Gasteiger partial charge is 0.229 e. The molecule has 1 saturated carbocycles. The maximum absolute atomic E-state index is 14.4. The Kier molecular flexibility index (Phi) is 5.16. The molecule has 1 amide bonds. The van der Waals surface area contributed by atoms with E-state index in [4.69, 9.17) is 10.5 Å². The monoisotopic (exact) mass is 395 g/mol. The summed E-state index contributed by atoms with van der Waals surface area (Å²) in [6.07, 6.45) is 7.65. The molecule has 4 N–H and O–H groups in total. The zero-order chi connectivity index (χ0) is 20.4. The highest BCUT2D eigenvalue weighted by Gasteiger charge is 2.47. The lowest BCUT2D eigenvalue weighted by Crippen LogP contribution is -2.41. The van der Waals surface area contributed by atoms with Gasteiger partial charge in [0.1, 0.15) is 12.4 Å². The molecule has 8 heteroatoms. The van der Waals surface area contributed by atoms with E-state index in [-0.39, 0.29) is 41.5 Å². The average Bonchev–Trinajstić information content (AvgIpc) is 3.31. The van der Waals surface area contributed by atoms with Crippen molar-refractivity contribution >= 4 is 23.4 Å². The van der Waals surface area contributed by atoms with Gasteiger partial charge in [-0.1, -0.05) is 30.9 Å². The highest BCUT2D eigenvalue weighted by molar-refractivity contribution is 5.79. The van der Waals surface area contributed by atoms with Crippen LogP contribution in [0.4, 0.5) is 21.8 Å². The molecule has 1 aromatic carbocycles. The molecule has 1 heterocycles. The zero-order valence-electron chi connectivity index (χ0n) is 15.7. The number of aromatic nitrogens is 2. The molecule has 0 radical (unpaired) electrons. The minimum atomic E-state index is -0.589. The van der Waals surface area contributed by atoms with Crippen molar-refractivity contribution in [2.45, 2.75) is 12.5 Å². The number of rotatable bonds is 8. The first-order valence-electron chi connectivity index (χ1n) is 9.42. The molecule has 1 aromatic heterocycles. The molecular weight excluding hydrogens is 373 g/mol. The van der Waals surface area contributed by atoms with Gasteiger partial charge in [0.15, 0.2) is 11.6 Å². The van der Waals surface area contributed by atoms with Crippen LogP contribution in [0, 0.1) is 23.6 Å². The number of carbonyl (C=O) groups excluding carboxylic acids is 1. The summed E-state index contributed by atoms with van der Waals surface area (Å²) in [4.78, 5) is 20.1. The Labute approximate surface area is 167 Å². The predicted octanol–water partition coefficient (Wildman–Crippen LogP) is 3.01. The number of fused-ring (bicyclic) bond motifs is 2. The Morgan fingerprint density at radius 3 is 3.00 bits per heavy atom. The fourth-order valence-corrected chi connectivity index (χ4v) is 4.04. The van der Waals surface area contributed by atoms with Gasteiger partial charge < -0.3 is 21.1 Å². The SMILES string of the molecule is C=CCOc1cccc(Nc2ncc(F)c(NC3C4C=CC(C4)C3C(N)=O)n2)c1. The number of carbonyl (C=O) groups is 1. The average molecular weight is 395 g/mol. The maximum Gasteiger partial charge on any atom is 0.229 e. The third kappa shape index (κ3) is 3.91. The van der Waals surface area contributed by atoms with Crippen LogP contribution in [0.5, 0.6) is 5.75 Å². The van der Waals surface area contributed by atoms with Crippen molar-refractivity contribution in [3.63, 3.8) is 0 Å². The number of anilines is 3. The number of hydrogen-bond donors (Lipinski definition) is 3. The lowest BCUT2D eigenvalue weighted by atomic mass is 9.88. The van der Waals surface area contributed by atoms with E-state index >= 15 is 0 Å². The van der Waals surface area contributed by atoms with E-state index in [1.807, 2.05) is 24.3 Å². The molecule has 4 unspecified atom stereocenters. The van der Waals surface area contributed by atoms with Gasteiger partial charge in [-0.2, -0.15) is 4.98 Å². The topological polar surface area (TPSA) is 102 Å². The fraction of sp³-hybridized carbons (Fsp3) is 0.286. The van der Waals surface area contributed by atoms with Gasteiger partial charge in [-0.05, 0) is 30.4 Å². The van der Waals surface area contributed by atoms with Gasteiger partial charge >= 0.3 is 0 Å². The van der Waals surface area contributed by atoms with Crippen LogP contribution in [-0.2, 0) is 4.79 Å². The lowest BCUT2D eigenvalue weighted by molar-refractivity contribution is -0.122. The summed E-state index contributed by atoms with van der Waals surface area (Å²) < 4.78 is 19.9. The van der Waals surface area contributed by atoms with Crippen LogP contribution in [0.1, 0.15) is 6.42 Å². The molecule has 0 spiro atoms. The Morgan fingerprint density at radius 2 is 2.21 bits per heavy atom. The van der Waals surface area contributed by atoms with Crippen molar-refractivity contribution in [3.05, 3.63) is 61.1 Å². The number of nitrogens with two attached hydrogens (primary N) is 1. The number of primary amides is 1. The van der Waals surface area contributed by atoms with E-state index in [1.165, 1.54) is 0 Å². The number of hydrogen-bond acceptors (Lipinski definition) is 6. The fourth-order valence-electron chi connectivity index (χ4n) is 4.04. The quantitative estimate of drug-likeness (QED) is 0.594. The highest BCUT2D eigenvalue weighted by atomic mass is 19.1. The summed E-state index contributed by atoms with van der Waals surface area (Å²) >= 11 is 0. The minimum absolute atomic E-state index is 0.0405. The molecule has 2 aromatic rings. The van der Waals surface area contributed by atoms with Crippen molar-refractivity contribution in [3.8, 4) is 5.75 Å². The first-order chi connectivity index (χ1) is 14.0. The van der Waals surface area contributed by atoms with Crippen LogP contribution in [0.2, 0.25) is 0 Å². The third-order valence-corrected chi connectivity index (χ3v) is 5.29. The van der Waals surface area contributed by atoms with E-state index in [1.54, 1.807) is 12.1 Å². The standard InChI is InChI=1S/C21H22FN5O2/c1-2-8-29-15-5-3-4-14(10-15)25-21-24-11-16(22)20(27-21)26-18-13-7-6-12(9-13)17(18)19(23)28/h2-7,10-13,17-18H,1,8-9H2,(H2,23,28)(H2,24,25,26,27). The Hall–Kier alpha value is -3.42. The number of ether oxygens (including phenoxy) is 1. The third-order valence-electron chi connectivity index (χ3n) is 5.29. The summed E-state index contributed by atoms with van der Waals surface area (Å²) in [7, 11) is 0. The molecule has 4 rings (SSSR count). The predicted molar refractivity (Wildman–Crippen MR) is 108 cm³/mol. The minimum Gasteiger partial charge on any atom is -0.489 e. The van der Waals surface area contributed by atoms with Crippen molar-refractivity contribution in [2.24, 2.45) is 23.5 Å². The van der Waals surface area contributed by atoms with E-state index in [9.17, 15) is 9.18 Å². The van der Waals surface area contributed by atoms with Gasteiger partial charge in [0.05, 0.1) is 12.1 Å². The number of benzene rings is 1. The Bertz CT molecular complexity index is 964. The van der Waals surface area contributed by atoms with Crippen molar-refractivity contribution in [2.75, 3.05) is 17.2 Å². The molecule has 0 aliphatic heterocycles. The summed E-state index contributed by atoms with van der Waals surface area (Å²) in [6, 6.07) is 6.97. The number of nitrogens with zero attached hydrogens (tertiary/aromatic N) is 2. The molecule has 29 heavy (non-hydrogen) atoms. The van der Waals surface area contributed by atoms with E-state index in [0.29, 0.717) is 18.0 Å². The number of allylic oxidation sites excluding steroid dienone is 1. The molecule has 7 nitrogen and oxygen atoms in total. The van der Waals surface area contributed by atoms with Gasteiger partial charge in [0.25, 0.3) is 0 Å². The Balaban J connectivity index is 1.52. The first-order valence-corrected chi connectivity index (χ1v) is 9.42. The zero-order valence-corrected chi connectivity index (χ0v) is 15.7. The van der Waals surface area contributed by atoms with Crippen LogP contribution >= 0.6 is 0 Å². The van der Waals surface area contributed by atoms with Gasteiger partial charge in [0, 0.05) is 17.8 Å². The molecule has 2 aliphatic carbocycles. The van der Waals surface area contributed by atoms with E-state index in [2.05, 4.69) is 33.3 Å². The van der Waals surface area contributed by atoms with Crippen LogP contribution in [-0.4, -0.2) is 28.5 Å². The second-order valence-corrected chi connectivity index (χ2v) is 7.19. The number of amides is 1. The molecule has 4 atom stereocenters. The van der Waals surface area contributed by atoms with Crippen LogP contribution in [0.3, 0.4) is 0 Å². The molecule has 150 valence electrons. The van der Waals surface area contributed by atoms with E-state index < -0.39 is 5.82 Å². The van der Waals surface area contributed by atoms with Crippen molar-refractivity contribution in [1.82, 2.24) is 9.97 Å². The summed E-state index contributed by atoms with van der Waals surface area (Å²) in [5.74, 6) is -0.208. The molecule has 1 fully saturated rings. The van der Waals surface area contributed by atoms with Crippen molar-refractivity contribution in [1.29, 1.82) is 0 Å². The summed E-state index contributed by atoms with van der Waals surface area (Å²) in [6.45, 7) is 4.01. The second kappa shape index (κ2) is 7.90. The molecule has 2 aliphatic rings. The van der Waals surface area contributed by atoms with Crippen LogP contribution in [0.25, 0.3) is 0 Å². The first kappa shape index (κ1) is 18.9. The normalized spacial score (nSPS) is 24.3. The maximum atomic E-state index is 14.4. The van der Waals surface area contributed by atoms with Crippen molar-refractivity contribution < 1.29 is 13.9 Å². The van der Waals surface area contributed by atoms with Gasteiger partial charge in [-0.25, -0.2) is 9.37 Å². The van der Waals surface area contributed by atoms with Crippen LogP contribution < -0.4 is 21.1 Å². The summed E-state index contributed by atoms with van der Waals surface area (Å²) in [5.41, 5.74) is 6.27. The van der Waals surface area contributed by atoms with E-state index in [0.717, 1.165) is 12.6 Å². The largest absolute Gasteiger partial charge is 0.489 e. The van der Waals surface area contributed by atoms with Gasteiger partial charge in [-0.3, -0.25) is 4.79 Å². The highest BCUT2D eigenvalue weighted by Crippen LogP contribution is 2.44.